The van der Waals surface area contributed by atoms with Crippen LogP contribution in [0.15, 0.2) is 0 Å². The van der Waals surface area contributed by atoms with Gasteiger partial charge in [-0.1, -0.05) is 26.7 Å². The zero-order valence-corrected chi connectivity index (χ0v) is 9.40. The highest BCUT2D eigenvalue weighted by Gasteiger charge is 2.32. The van der Waals surface area contributed by atoms with Gasteiger partial charge in [-0.15, -0.1) is 0 Å². The smallest absolute Gasteiger partial charge is 0.306 e. The second-order valence-corrected chi connectivity index (χ2v) is 4.79. The first kappa shape index (κ1) is 12.8. The van der Waals surface area contributed by atoms with Crippen molar-refractivity contribution < 1.29 is 13.2 Å². The fourth-order valence-electron chi connectivity index (χ4n) is 2.46. The first-order valence-corrected chi connectivity index (χ1v) is 5.70. The Morgan fingerprint density at radius 2 is 1.80 bits per heavy atom. The minimum atomic E-state index is -4.08. The van der Waals surface area contributed by atoms with Crippen LogP contribution in [0.2, 0.25) is 0 Å². The molecule has 0 spiro atoms. The Morgan fingerprint density at radius 1 is 1.20 bits per heavy atom. The Labute approximate surface area is 89.4 Å². The van der Waals surface area contributed by atoms with Gasteiger partial charge in [0, 0.05) is 6.04 Å². The minimum Gasteiger partial charge on any atom is -0.306 e. The van der Waals surface area contributed by atoms with E-state index in [1.54, 1.807) is 0 Å². The molecule has 15 heavy (non-hydrogen) atoms. The average molecular weight is 223 g/mol. The van der Waals surface area contributed by atoms with Crippen LogP contribution in [0.3, 0.4) is 0 Å². The van der Waals surface area contributed by atoms with Crippen LogP contribution in [0.5, 0.6) is 0 Å². The molecule has 4 heteroatoms. The maximum atomic E-state index is 12.1. The highest BCUT2D eigenvalue weighted by atomic mass is 19.4. The standard InChI is InChI=1S/C11H20F3N/c1-8(2)9-5-3-4-6-10(9)15-7-11(12,13)14/h8-10,15H,3-7H2,1-2H3/t9-,10+/m0/s1. The highest BCUT2D eigenvalue weighted by Crippen LogP contribution is 2.30. The van der Waals surface area contributed by atoms with Gasteiger partial charge in [0.05, 0.1) is 6.54 Å². The van der Waals surface area contributed by atoms with Gasteiger partial charge in [-0.3, -0.25) is 0 Å². The SMILES string of the molecule is CC(C)[C@@H]1CCCC[C@H]1NCC(F)(F)F. The van der Waals surface area contributed by atoms with E-state index in [1.165, 1.54) is 0 Å². The molecular formula is C11H20F3N. The van der Waals surface area contributed by atoms with Crippen molar-refractivity contribution in [3.05, 3.63) is 0 Å². The average Bonchev–Trinajstić information content (AvgIpc) is 2.14. The van der Waals surface area contributed by atoms with Crippen molar-refractivity contribution in [1.29, 1.82) is 0 Å². The maximum Gasteiger partial charge on any atom is 0.401 e. The summed E-state index contributed by atoms with van der Waals surface area (Å²) in [5.41, 5.74) is 0. The van der Waals surface area contributed by atoms with Crippen molar-refractivity contribution in [1.82, 2.24) is 5.32 Å². The van der Waals surface area contributed by atoms with Crippen molar-refractivity contribution in [3.8, 4) is 0 Å². The normalized spacial score (nSPS) is 28.4. The molecule has 1 aliphatic rings. The van der Waals surface area contributed by atoms with E-state index in [-0.39, 0.29) is 6.04 Å². The second-order valence-electron chi connectivity index (χ2n) is 4.79. The molecule has 0 bridgehead atoms. The fourth-order valence-corrected chi connectivity index (χ4v) is 2.46. The number of halogens is 3. The lowest BCUT2D eigenvalue weighted by atomic mass is 9.78. The third-order valence-corrected chi connectivity index (χ3v) is 3.24. The van der Waals surface area contributed by atoms with Gasteiger partial charge in [0.25, 0.3) is 0 Å². The molecule has 1 nitrogen and oxygen atoms in total. The van der Waals surface area contributed by atoms with E-state index in [4.69, 9.17) is 0 Å². The van der Waals surface area contributed by atoms with E-state index < -0.39 is 12.7 Å². The van der Waals surface area contributed by atoms with Crippen molar-refractivity contribution >= 4 is 0 Å². The van der Waals surface area contributed by atoms with Crippen LogP contribution >= 0.6 is 0 Å². The van der Waals surface area contributed by atoms with E-state index in [0.29, 0.717) is 11.8 Å². The molecule has 90 valence electrons. The molecule has 0 aliphatic heterocycles. The van der Waals surface area contributed by atoms with Gasteiger partial charge in [-0.25, -0.2) is 0 Å². The van der Waals surface area contributed by atoms with Crippen LogP contribution < -0.4 is 5.32 Å². The molecule has 1 fully saturated rings. The molecule has 0 saturated heterocycles. The number of nitrogens with one attached hydrogen (secondary N) is 1. The summed E-state index contributed by atoms with van der Waals surface area (Å²) in [7, 11) is 0. The third kappa shape index (κ3) is 4.41. The van der Waals surface area contributed by atoms with Gasteiger partial charge in [-0.05, 0) is 24.7 Å². The molecule has 2 atom stereocenters. The van der Waals surface area contributed by atoms with Gasteiger partial charge in [0.15, 0.2) is 0 Å². The third-order valence-electron chi connectivity index (χ3n) is 3.24. The lowest BCUT2D eigenvalue weighted by Gasteiger charge is -2.35. The molecule has 0 aromatic rings. The monoisotopic (exact) mass is 223 g/mol. The molecule has 0 aromatic heterocycles. The molecule has 1 rings (SSSR count). The summed E-state index contributed by atoms with van der Waals surface area (Å²) >= 11 is 0. The van der Waals surface area contributed by atoms with Crippen LogP contribution in [-0.2, 0) is 0 Å². The van der Waals surface area contributed by atoms with E-state index in [2.05, 4.69) is 19.2 Å². The molecule has 1 N–H and O–H groups in total. The van der Waals surface area contributed by atoms with E-state index >= 15 is 0 Å². The summed E-state index contributed by atoms with van der Waals surface area (Å²) in [6.45, 7) is 3.34. The number of hydrogen-bond acceptors (Lipinski definition) is 1. The summed E-state index contributed by atoms with van der Waals surface area (Å²) in [6.07, 6.45) is 0.0802. The first-order chi connectivity index (χ1) is 6.90. The zero-order valence-electron chi connectivity index (χ0n) is 9.40. The Bertz CT molecular complexity index is 189. The summed E-state index contributed by atoms with van der Waals surface area (Å²) < 4.78 is 36.2. The van der Waals surface area contributed by atoms with Crippen molar-refractivity contribution in [2.24, 2.45) is 11.8 Å². The zero-order chi connectivity index (χ0) is 11.5. The van der Waals surface area contributed by atoms with Gasteiger partial charge < -0.3 is 5.32 Å². The number of hydrogen-bond donors (Lipinski definition) is 1. The minimum absolute atomic E-state index is 0.0559. The quantitative estimate of drug-likeness (QED) is 0.773. The lowest BCUT2D eigenvalue weighted by Crippen LogP contribution is -2.44. The van der Waals surface area contributed by atoms with Gasteiger partial charge in [-0.2, -0.15) is 13.2 Å². The van der Waals surface area contributed by atoms with Crippen LogP contribution in [-0.4, -0.2) is 18.8 Å². The molecule has 1 aliphatic carbocycles. The molecule has 0 radical (unpaired) electrons. The van der Waals surface area contributed by atoms with Crippen LogP contribution in [0.25, 0.3) is 0 Å². The van der Waals surface area contributed by atoms with Crippen LogP contribution in [0.4, 0.5) is 13.2 Å². The summed E-state index contributed by atoms with van der Waals surface area (Å²) in [5, 5.41) is 2.67. The molecular weight excluding hydrogens is 203 g/mol. The number of rotatable bonds is 3. The van der Waals surface area contributed by atoms with Crippen molar-refractivity contribution in [2.45, 2.75) is 51.7 Å². The van der Waals surface area contributed by atoms with E-state index in [1.807, 2.05) is 0 Å². The van der Waals surface area contributed by atoms with E-state index in [0.717, 1.165) is 25.7 Å². The van der Waals surface area contributed by atoms with Crippen molar-refractivity contribution in [2.75, 3.05) is 6.54 Å². The van der Waals surface area contributed by atoms with Gasteiger partial charge in [0.2, 0.25) is 0 Å². The maximum absolute atomic E-state index is 12.1. The second kappa shape index (κ2) is 5.19. The Hall–Kier alpha value is -0.250. The number of alkyl halides is 3. The predicted octanol–water partition coefficient (Wildman–Crippen LogP) is 3.35. The van der Waals surface area contributed by atoms with Gasteiger partial charge in [0.1, 0.15) is 0 Å². The topological polar surface area (TPSA) is 12.0 Å². The summed E-state index contributed by atoms with van der Waals surface area (Å²) in [4.78, 5) is 0. The summed E-state index contributed by atoms with van der Waals surface area (Å²) in [6, 6.07) is 0.0559. The lowest BCUT2D eigenvalue weighted by molar-refractivity contribution is -0.127. The summed E-state index contributed by atoms with van der Waals surface area (Å²) in [5.74, 6) is 0.872. The Kier molecular flexibility index (Phi) is 4.44. The van der Waals surface area contributed by atoms with Crippen LogP contribution in [0, 0.1) is 11.8 Å². The molecule has 0 heterocycles. The van der Waals surface area contributed by atoms with Gasteiger partial charge >= 0.3 is 6.18 Å². The Morgan fingerprint density at radius 3 is 2.33 bits per heavy atom. The largest absolute Gasteiger partial charge is 0.401 e. The molecule has 0 amide bonds. The Balaban J connectivity index is 2.43. The fraction of sp³-hybridized carbons (Fsp3) is 1.00. The molecule has 0 aromatic carbocycles. The highest BCUT2D eigenvalue weighted by molar-refractivity contribution is 4.83. The predicted molar refractivity (Wildman–Crippen MR) is 54.6 cm³/mol. The van der Waals surface area contributed by atoms with Crippen molar-refractivity contribution in [3.63, 3.8) is 0 Å². The molecule has 0 unspecified atom stereocenters. The first-order valence-electron chi connectivity index (χ1n) is 5.70. The van der Waals surface area contributed by atoms with E-state index in [9.17, 15) is 13.2 Å². The molecule has 1 saturated carbocycles. The van der Waals surface area contributed by atoms with Crippen LogP contribution in [0.1, 0.15) is 39.5 Å².